The lowest BCUT2D eigenvalue weighted by molar-refractivity contribution is -0.120. The van der Waals surface area contributed by atoms with Gasteiger partial charge in [-0.1, -0.05) is 35.9 Å². The molecule has 0 unspecified atom stereocenters. The summed E-state index contributed by atoms with van der Waals surface area (Å²) in [6.45, 7) is 0. The van der Waals surface area contributed by atoms with Crippen molar-refractivity contribution in [3.05, 3.63) is 70.5 Å². The minimum absolute atomic E-state index is 0.0559. The number of anilines is 1. The first-order valence-electron chi connectivity index (χ1n) is 6.64. The minimum Gasteiger partial charge on any atom is -0.274 e. The van der Waals surface area contributed by atoms with Crippen molar-refractivity contribution >= 4 is 35.2 Å². The Hall–Kier alpha value is -2.46. The molecule has 1 heterocycles. The van der Waals surface area contributed by atoms with Crippen molar-refractivity contribution in [3.63, 3.8) is 0 Å². The zero-order valence-corrected chi connectivity index (χ0v) is 12.2. The minimum atomic E-state index is -0.449. The average molecular weight is 316 g/mol. The molecule has 3 nitrogen and oxygen atoms in total. The molecule has 0 aromatic heterocycles. The molecule has 2 aromatic carbocycles. The van der Waals surface area contributed by atoms with E-state index in [1.807, 2.05) is 0 Å². The van der Waals surface area contributed by atoms with Gasteiger partial charge < -0.3 is 0 Å². The molecule has 0 bridgehead atoms. The Balaban J connectivity index is 1.97. The first-order valence-corrected chi connectivity index (χ1v) is 7.02. The third-order valence-corrected chi connectivity index (χ3v) is 3.61. The zero-order valence-electron chi connectivity index (χ0n) is 11.4. The Morgan fingerprint density at radius 2 is 1.86 bits per heavy atom. The second-order valence-corrected chi connectivity index (χ2v) is 5.32. The van der Waals surface area contributed by atoms with Crippen LogP contribution in [-0.4, -0.2) is 11.8 Å². The van der Waals surface area contributed by atoms with E-state index in [4.69, 9.17) is 11.6 Å². The Bertz CT molecular complexity index is 801. The lowest BCUT2D eigenvalue weighted by Gasteiger charge is -2.13. The molecular formula is C17H11ClFNO2. The number of halogens is 2. The fraction of sp³-hybridized carbons (Fsp3) is 0.0588. The van der Waals surface area contributed by atoms with Crippen LogP contribution in [0.15, 0.2) is 54.1 Å². The fourth-order valence-corrected chi connectivity index (χ4v) is 2.53. The summed E-state index contributed by atoms with van der Waals surface area (Å²) < 4.78 is 13.7. The smallest absolute Gasteiger partial charge is 0.261 e. The normalized spacial score (nSPS) is 16.6. The van der Waals surface area contributed by atoms with Gasteiger partial charge in [-0.3, -0.25) is 9.59 Å². The first kappa shape index (κ1) is 14.5. The summed E-state index contributed by atoms with van der Waals surface area (Å²) in [5, 5.41) is 0.435. The van der Waals surface area contributed by atoms with Gasteiger partial charge in [0.25, 0.3) is 5.91 Å². The van der Waals surface area contributed by atoms with Crippen molar-refractivity contribution in [2.24, 2.45) is 0 Å². The van der Waals surface area contributed by atoms with Crippen molar-refractivity contribution in [2.75, 3.05) is 4.90 Å². The van der Waals surface area contributed by atoms with E-state index in [2.05, 4.69) is 0 Å². The van der Waals surface area contributed by atoms with E-state index in [0.717, 1.165) is 4.90 Å². The summed E-state index contributed by atoms with van der Waals surface area (Å²) in [5.74, 6) is -1.23. The molecule has 1 aliphatic heterocycles. The molecule has 110 valence electrons. The van der Waals surface area contributed by atoms with Gasteiger partial charge in [-0.25, -0.2) is 9.29 Å². The number of nitrogens with zero attached hydrogens (tertiary/aromatic N) is 1. The number of benzene rings is 2. The standard InChI is InChI=1S/C17H11ClFNO2/c18-13-5-3-6-14(10-13)20-16(21)9-12(17(20)22)8-11-4-1-2-7-15(11)19/h1-8,10H,9H2/b12-8+. The summed E-state index contributed by atoms with van der Waals surface area (Å²) in [7, 11) is 0. The van der Waals surface area contributed by atoms with Crippen LogP contribution in [0.2, 0.25) is 5.02 Å². The van der Waals surface area contributed by atoms with Crippen molar-refractivity contribution in [3.8, 4) is 0 Å². The Labute approximate surface area is 131 Å². The van der Waals surface area contributed by atoms with Gasteiger partial charge in [0.1, 0.15) is 5.82 Å². The molecule has 0 aliphatic carbocycles. The molecule has 22 heavy (non-hydrogen) atoms. The van der Waals surface area contributed by atoms with E-state index >= 15 is 0 Å². The largest absolute Gasteiger partial charge is 0.274 e. The maximum atomic E-state index is 13.7. The third kappa shape index (κ3) is 2.65. The Morgan fingerprint density at radius 1 is 1.09 bits per heavy atom. The van der Waals surface area contributed by atoms with E-state index in [1.54, 1.807) is 42.5 Å². The number of imide groups is 1. The van der Waals surface area contributed by atoms with Crippen LogP contribution in [0.5, 0.6) is 0 Å². The average Bonchev–Trinajstić information content (AvgIpc) is 2.76. The van der Waals surface area contributed by atoms with Gasteiger partial charge in [0.05, 0.1) is 12.1 Å². The topological polar surface area (TPSA) is 37.4 Å². The summed E-state index contributed by atoms with van der Waals surface area (Å²) in [6.07, 6.45) is 1.36. The molecule has 5 heteroatoms. The van der Waals surface area contributed by atoms with Gasteiger partial charge in [0.2, 0.25) is 5.91 Å². The van der Waals surface area contributed by atoms with E-state index < -0.39 is 11.7 Å². The molecule has 1 saturated heterocycles. The predicted octanol–water partition coefficient (Wildman–Crippen LogP) is 3.83. The van der Waals surface area contributed by atoms with Crippen LogP contribution in [0.25, 0.3) is 6.08 Å². The number of carbonyl (C=O) groups excluding carboxylic acids is 2. The summed E-state index contributed by atoms with van der Waals surface area (Å²) in [6, 6.07) is 12.6. The van der Waals surface area contributed by atoms with Crippen LogP contribution in [0.4, 0.5) is 10.1 Å². The maximum absolute atomic E-state index is 13.7. The van der Waals surface area contributed by atoms with Crippen LogP contribution in [0, 0.1) is 5.82 Å². The second-order valence-electron chi connectivity index (χ2n) is 4.88. The number of carbonyl (C=O) groups is 2. The summed E-state index contributed by atoms with van der Waals surface area (Å²) >= 11 is 5.89. The van der Waals surface area contributed by atoms with Gasteiger partial charge in [0.15, 0.2) is 0 Å². The third-order valence-electron chi connectivity index (χ3n) is 3.37. The molecule has 0 N–H and O–H groups in total. The SMILES string of the molecule is O=C1C/C(=C\c2ccccc2F)C(=O)N1c1cccc(Cl)c1. The number of hydrogen-bond donors (Lipinski definition) is 0. The lowest BCUT2D eigenvalue weighted by atomic mass is 10.1. The van der Waals surface area contributed by atoms with Crippen molar-refractivity contribution in [1.82, 2.24) is 0 Å². The van der Waals surface area contributed by atoms with E-state index in [-0.39, 0.29) is 23.5 Å². The second kappa shape index (κ2) is 5.73. The predicted molar refractivity (Wildman–Crippen MR) is 82.9 cm³/mol. The lowest BCUT2D eigenvalue weighted by Crippen LogP contribution is -2.28. The molecule has 0 spiro atoms. The monoisotopic (exact) mass is 315 g/mol. The molecule has 3 rings (SSSR count). The van der Waals surface area contributed by atoms with Crippen molar-refractivity contribution in [2.45, 2.75) is 6.42 Å². The van der Waals surface area contributed by atoms with Crippen LogP contribution >= 0.6 is 11.6 Å². The highest BCUT2D eigenvalue weighted by atomic mass is 35.5. The molecule has 1 aliphatic rings. The molecule has 0 radical (unpaired) electrons. The molecule has 2 aromatic rings. The first-order chi connectivity index (χ1) is 10.6. The highest BCUT2D eigenvalue weighted by Gasteiger charge is 2.35. The number of rotatable bonds is 2. The highest BCUT2D eigenvalue weighted by molar-refractivity contribution is 6.32. The van der Waals surface area contributed by atoms with Crippen LogP contribution in [-0.2, 0) is 9.59 Å². The van der Waals surface area contributed by atoms with Gasteiger partial charge >= 0.3 is 0 Å². The Kier molecular flexibility index (Phi) is 3.77. The molecule has 0 atom stereocenters. The van der Waals surface area contributed by atoms with Crippen molar-refractivity contribution in [1.29, 1.82) is 0 Å². The Morgan fingerprint density at radius 3 is 2.59 bits per heavy atom. The number of amides is 2. The highest BCUT2D eigenvalue weighted by Crippen LogP contribution is 2.29. The molecule has 0 saturated carbocycles. The quantitative estimate of drug-likeness (QED) is 0.624. The van der Waals surface area contributed by atoms with E-state index in [0.29, 0.717) is 10.7 Å². The van der Waals surface area contributed by atoms with Gasteiger partial charge in [-0.05, 0) is 30.3 Å². The number of hydrogen-bond acceptors (Lipinski definition) is 2. The van der Waals surface area contributed by atoms with E-state index in [1.165, 1.54) is 12.1 Å². The molecule has 1 fully saturated rings. The van der Waals surface area contributed by atoms with Gasteiger partial charge in [-0.15, -0.1) is 0 Å². The van der Waals surface area contributed by atoms with E-state index in [9.17, 15) is 14.0 Å². The van der Waals surface area contributed by atoms with Crippen LogP contribution in [0.3, 0.4) is 0 Å². The molecular weight excluding hydrogens is 305 g/mol. The van der Waals surface area contributed by atoms with Gasteiger partial charge in [-0.2, -0.15) is 0 Å². The van der Waals surface area contributed by atoms with Crippen LogP contribution in [0.1, 0.15) is 12.0 Å². The summed E-state index contributed by atoms with van der Waals surface area (Å²) in [5.41, 5.74) is 0.959. The van der Waals surface area contributed by atoms with Crippen LogP contribution < -0.4 is 4.90 Å². The summed E-state index contributed by atoms with van der Waals surface area (Å²) in [4.78, 5) is 25.6. The van der Waals surface area contributed by atoms with Crippen molar-refractivity contribution < 1.29 is 14.0 Å². The maximum Gasteiger partial charge on any atom is 0.261 e. The zero-order chi connectivity index (χ0) is 15.7. The molecule has 2 amide bonds. The van der Waals surface area contributed by atoms with Gasteiger partial charge in [0, 0.05) is 16.2 Å². The fourth-order valence-electron chi connectivity index (χ4n) is 2.34.